The van der Waals surface area contributed by atoms with Crippen LogP contribution in [0.2, 0.25) is 0 Å². The number of rotatable bonds is 11. The zero-order chi connectivity index (χ0) is 26.1. The summed E-state index contributed by atoms with van der Waals surface area (Å²) in [6.45, 7) is 7.87. The van der Waals surface area contributed by atoms with E-state index in [9.17, 15) is 4.79 Å². The van der Waals surface area contributed by atoms with Crippen molar-refractivity contribution in [3.05, 3.63) is 35.4 Å². The zero-order valence-electron chi connectivity index (χ0n) is 22.8. The summed E-state index contributed by atoms with van der Waals surface area (Å²) in [4.78, 5) is 15.0. The number of epoxide rings is 2. The molecule has 0 bridgehead atoms. The summed E-state index contributed by atoms with van der Waals surface area (Å²) in [6.07, 6.45) is 4.14. The van der Waals surface area contributed by atoms with E-state index >= 15 is 0 Å². The summed E-state index contributed by atoms with van der Waals surface area (Å²) in [7, 11) is 7.37. The summed E-state index contributed by atoms with van der Waals surface area (Å²) < 4.78 is 29.7. The molecule has 6 atom stereocenters. The number of esters is 1. The molecule has 1 aromatic carbocycles. The first-order valence-corrected chi connectivity index (χ1v) is 12.8. The van der Waals surface area contributed by atoms with Crippen molar-refractivity contribution in [1.82, 2.24) is 4.90 Å². The lowest BCUT2D eigenvalue weighted by Gasteiger charge is -2.42. The van der Waals surface area contributed by atoms with Gasteiger partial charge in [0.2, 0.25) is 0 Å². The molecule has 8 heteroatoms. The number of carbonyl (C=O) groups excluding carboxylic acids is 1. The fourth-order valence-electron chi connectivity index (χ4n) is 5.81. The van der Waals surface area contributed by atoms with E-state index in [2.05, 4.69) is 37.1 Å². The van der Waals surface area contributed by atoms with Crippen molar-refractivity contribution in [3.8, 4) is 5.75 Å². The van der Waals surface area contributed by atoms with Gasteiger partial charge in [-0.1, -0.05) is 11.6 Å². The third-order valence-corrected chi connectivity index (χ3v) is 7.72. The molecule has 1 saturated carbocycles. The van der Waals surface area contributed by atoms with E-state index in [1.165, 1.54) is 5.57 Å². The second-order valence-corrected chi connectivity index (χ2v) is 11.0. The molecule has 2 aliphatic heterocycles. The Kier molecular flexibility index (Phi) is 8.00. The molecule has 200 valence electrons. The molecule has 3 aliphatic rings. The Labute approximate surface area is 215 Å². The lowest BCUT2D eigenvalue weighted by Crippen LogP contribution is -2.55. The van der Waals surface area contributed by atoms with Gasteiger partial charge in [0.15, 0.2) is 0 Å². The number of benzene rings is 1. The van der Waals surface area contributed by atoms with Gasteiger partial charge in [0.25, 0.3) is 0 Å². The standard InChI is InChI=1S/C28H42N2O6/c1-18(2)8-11-23-27(3,36-23)26-25(33-7)22(12-13-28(26)17-34-28)35-24(31)15-29-20-9-10-21(32-6)19(14-20)16-30(4)5/h8-10,14,22-23,25-26,29H,11-13,15-17H2,1-7H3/t22-,23-,25-,26-,27-,28+/m1/s1. The van der Waals surface area contributed by atoms with Crippen molar-refractivity contribution in [1.29, 1.82) is 0 Å². The number of carbonyl (C=O) groups is 1. The third kappa shape index (κ3) is 5.72. The monoisotopic (exact) mass is 502 g/mol. The molecule has 8 nitrogen and oxygen atoms in total. The Morgan fingerprint density at radius 2 is 2.03 bits per heavy atom. The van der Waals surface area contributed by atoms with Crippen LogP contribution in [0.15, 0.2) is 29.8 Å². The molecule has 1 N–H and O–H groups in total. The maximum absolute atomic E-state index is 12.9. The minimum atomic E-state index is -0.349. The van der Waals surface area contributed by atoms with Crippen LogP contribution in [-0.2, 0) is 30.3 Å². The highest BCUT2D eigenvalue weighted by molar-refractivity contribution is 5.75. The first-order chi connectivity index (χ1) is 17.1. The van der Waals surface area contributed by atoms with Crippen LogP contribution in [0.5, 0.6) is 5.75 Å². The van der Waals surface area contributed by atoms with Crippen molar-refractivity contribution < 1.29 is 28.5 Å². The Hall–Kier alpha value is -2.13. The van der Waals surface area contributed by atoms with Gasteiger partial charge >= 0.3 is 5.97 Å². The number of nitrogens with one attached hydrogen (secondary N) is 1. The number of anilines is 1. The topological polar surface area (TPSA) is 85.1 Å². The fourth-order valence-corrected chi connectivity index (χ4v) is 5.81. The molecule has 0 unspecified atom stereocenters. The van der Waals surface area contributed by atoms with Crippen LogP contribution >= 0.6 is 0 Å². The molecule has 2 heterocycles. The highest BCUT2D eigenvalue weighted by Crippen LogP contribution is 2.59. The van der Waals surface area contributed by atoms with E-state index in [0.29, 0.717) is 13.0 Å². The second-order valence-electron chi connectivity index (χ2n) is 11.0. The van der Waals surface area contributed by atoms with Gasteiger partial charge in [0, 0.05) is 24.9 Å². The highest BCUT2D eigenvalue weighted by atomic mass is 16.6. The molecule has 2 saturated heterocycles. The number of nitrogens with zero attached hydrogens (tertiary/aromatic N) is 1. The van der Waals surface area contributed by atoms with E-state index in [0.717, 1.165) is 36.4 Å². The number of ether oxygens (including phenoxy) is 5. The minimum absolute atomic E-state index is 0.0141. The van der Waals surface area contributed by atoms with E-state index in [1.807, 2.05) is 32.3 Å². The van der Waals surface area contributed by atoms with Gasteiger partial charge in [0.1, 0.15) is 35.7 Å². The van der Waals surface area contributed by atoms with Crippen molar-refractivity contribution in [2.24, 2.45) is 5.92 Å². The molecule has 1 aromatic rings. The molecule has 0 amide bonds. The van der Waals surface area contributed by atoms with Crippen LogP contribution in [-0.4, -0.2) is 81.8 Å². The quantitative estimate of drug-likeness (QED) is 0.278. The lowest BCUT2D eigenvalue weighted by molar-refractivity contribution is -0.170. The SMILES string of the molecule is COc1ccc(NCC(=O)O[C@@H]2CC[C@]3(CO3)[C@@H]([C@]3(C)O[C@@H]3CC=C(C)C)[C@@H]2OC)cc1CN(C)C. The average molecular weight is 503 g/mol. The van der Waals surface area contributed by atoms with E-state index in [-0.39, 0.29) is 47.9 Å². The maximum Gasteiger partial charge on any atom is 0.325 e. The molecule has 1 aliphatic carbocycles. The van der Waals surface area contributed by atoms with Gasteiger partial charge in [-0.15, -0.1) is 0 Å². The minimum Gasteiger partial charge on any atom is -0.496 e. The summed E-state index contributed by atoms with van der Waals surface area (Å²) in [6, 6.07) is 5.83. The molecule has 0 radical (unpaired) electrons. The molecule has 36 heavy (non-hydrogen) atoms. The Balaban J connectivity index is 1.39. The van der Waals surface area contributed by atoms with Crippen LogP contribution in [0.4, 0.5) is 5.69 Å². The van der Waals surface area contributed by atoms with Crippen LogP contribution in [0.25, 0.3) is 0 Å². The summed E-state index contributed by atoms with van der Waals surface area (Å²) >= 11 is 0. The number of methoxy groups -OCH3 is 2. The predicted molar refractivity (Wildman–Crippen MR) is 138 cm³/mol. The molecule has 4 rings (SSSR count). The third-order valence-electron chi connectivity index (χ3n) is 7.72. The van der Waals surface area contributed by atoms with Crippen molar-refractivity contribution in [2.75, 3.05) is 46.8 Å². The van der Waals surface area contributed by atoms with Crippen LogP contribution in [0.3, 0.4) is 0 Å². The first-order valence-electron chi connectivity index (χ1n) is 12.8. The van der Waals surface area contributed by atoms with Crippen LogP contribution in [0.1, 0.15) is 45.6 Å². The summed E-state index contributed by atoms with van der Waals surface area (Å²) in [5.74, 6) is 0.532. The maximum atomic E-state index is 12.9. The van der Waals surface area contributed by atoms with Gasteiger partial charge in [-0.3, -0.25) is 4.79 Å². The Bertz CT molecular complexity index is 971. The number of allylic oxidation sites excluding steroid dienone is 1. The molecular formula is C28H42N2O6. The highest BCUT2D eigenvalue weighted by Gasteiger charge is 2.72. The number of hydrogen-bond donors (Lipinski definition) is 1. The van der Waals surface area contributed by atoms with E-state index in [1.54, 1.807) is 14.2 Å². The van der Waals surface area contributed by atoms with Crippen molar-refractivity contribution >= 4 is 11.7 Å². The molecule has 0 aromatic heterocycles. The zero-order valence-corrected chi connectivity index (χ0v) is 22.8. The van der Waals surface area contributed by atoms with Crippen molar-refractivity contribution in [2.45, 2.75) is 76.1 Å². The predicted octanol–water partition coefficient (Wildman–Crippen LogP) is 3.79. The fraction of sp³-hybridized carbons (Fsp3) is 0.679. The van der Waals surface area contributed by atoms with Gasteiger partial charge in [0.05, 0.1) is 25.7 Å². The average Bonchev–Trinajstić information content (AvgIpc) is 3.74. The van der Waals surface area contributed by atoms with Gasteiger partial charge < -0.3 is 33.9 Å². The Morgan fingerprint density at radius 1 is 1.28 bits per heavy atom. The van der Waals surface area contributed by atoms with Gasteiger partial charge in [-0.25, -0.2) is 0 Å². The molecule has 1 spiro atoms. The molecular weight excluding hydrogens is 460 g/mol. The first kappa shape index (κ1) is 26.9. The second kappa shape index (κ2) is 10.7. The Morgan fingerprint density at radius 3 is 2.64 bits per heavy atom. The van der Waals surface area contributed by atoms with Crippen LogP contribution < -0.4 is 10.1 Å². The van der Waals surface area contributed by atoms with Crippen molar-refractivity contribution in [3.63, 3.8) is 0 Å². The largest absolute Gasteiger partial charge is 0.496 e. The normalized spacial score (nSPS) is 32.8. The smallest absolute Gasteiger partial charge is 0.325 e. The molecule has 3 fully saturated rings. The van der Waals surface area contributed by atoms with E-state index in [4.69, 9.17) is 23.7 Å². The van der Waals surface area contributed by atoms with Gasteiger partial charge in [-0.2, -0.15) is 0 Å². The van der Waals surface area contributed by atoms with E-state index < -0.39 is 0 Å². The lowest BCUT2D eigenvalue weighted by atomic mass is 9.68. The summed E-state index contributed by atoms with van der Waals surface area (Å²) in [5.41, 5.74) is 2.59. The van der Waals surface area contributed by atoms with Gasteiger partial charge in [-0.05, 0) is 72.3 Å². The number of hydrogen-bond acceptors (Lipinski definition) is 8. The summed E-state index contributed by atoms with van der Waals surface area (Å²) in [5, 5.41) is 3.20. The van der Waals surface area contributed by atoms with Crippen LogP contribution in [0, 0.1) is 5.92 Å².